The van der Waals surface area contributed by atoms with E-state index in [4.69, 9.17) is 5.14 Å². The minimum atomic E-state index is -3.81. The summed E-state index contributed by atoms with van der Waals surface area (Å²) < 4.78 is 24.6. The molecule has 0 aliphatic heterocycles. The lowest BCUT2D eigenvalue weighted by Gasteiger charge is -2.15. The standard InChI is InChI=1S/C20H23N5O3S/c1-24(14-16-13-22-25(15-16)18-7-3-2-4-8-18)11-10-20(26)23-17-6-5-9-19(12-17)29(21,27)28/h2-9,12-13,15H,10-11,14H2,1H3,(H,23,26)(H2,21,27,28). The Kier molecular flexibility index (Phi) is 6.42. The normalized spacial score (nSPS) is 11.6. The van der Waals surface area contributed by atoms with Crippen LogP contribution in [0, 0.1) is 0 Å². The van der Waals surface area contributed by atoms with Crippen LogP contribution in [0.2, 0.25) is 0 Å². The molecule has 29 heavy (non-hydrogen) atoms. The summed E-state index contributed by atoms with van der Waals surface area (Å²) >= 11 is 0. The Morgan fingerprint density at radius 1 is 1.17 bits per heavy atom. The fraction of sp³-hybridized carbons (Fsp3) is 0.200. The first-order valence-corrected chi connectivity index (χ1v) is 10.6. The highest BCUT2D eigenvalue weighted by molar-refractivity contribution is 7.89. The van der Waals surface area contributed by atoms with Gasteiger partial charge in [0, 0.05) is 37.0 Å². The van der Waals surface area contributed by atoms with E-state index in [2.05, 4.69) is 10.4 Å². The minimum Gasteiger partial charge on any atom is -0.326 e. The number of primary sulfonamides is 1. The predicted octanol–water partition coefficient (Wildman–Crippen LogP) is 1.98. The number of benzene rings is 2. The first-order chi connectivity index (χ1) is 13.8. The van der Waals surface area contributed by atoms with E-state index in [0.29, 0.717) is 18.8 Å². The summed E-state index contributed by atoms with van der Waals surface area (Å²) in [6.07, 6.45) is 4.04. The van der Waals surface area contributed by atoms with E-state index in [1.54, 1.807) is 6.07 Å². The highest BCUT2D eigenvalue weighted by Crippen LogP contribution is 2.14. The molecular formula is C20H23N5O3S. The van der Waals surface area contributed by atoms with Crippen molar-refractivity contribution in [2.45, 2.75) is 17.9 Å². The number of rotatable bonds is 8. The van der Waals surface area contributed by atoms with E-state index < -0.39 is 10.0 Å². The van der Waals surface area contributed by atoms with Crippen LogP contribution in [0.1, 0.15) is 12.0 Å². The van der Waals surface area contributed by atoms with Gasteiger partial charge in [0.1, 0.15) is 0 Å². The van der Waals surface area contributed by atoms with Gasteiger partial charge in [0.25, 0.3) is 0 Å². The van der Waals surface area contributed by atoms with Crippen LogP contribution in [-0.4, -0.2) is 42.6 Å². The summed E-state index contributed by atoms with van der Waals surface area (Å²) in [6.45, 7) is 1.19. The molecule has 0 atom stereocenters. The number of aromatic nitrogens is 2. The van der Waals surface area contributed by atoms with Crippen molar-refractivity contribution >= 4 is 21.6 Å². The van der Waals surface area contributed by atoms with Crippen LogP contribution in [0.25, 0.3) is 5.69 Å². The third-order valence-electron chi connectivity index (χ3n) is 4.28. The summed E-state index contributed by atoms with van der Waals surface area (Å²) in [5, 5.41) is 12.2. The summed E-state index contributed by atoms with van der Waals surface area (Å²) in [4.78, 5) is 14.2. The Hall–Kier alpha value is -3.01. The highest BCUT2D eigenvalue weighted by atomic mass is 32.2. The van der Waals surface area contributed by atoms with Gasteiger partial charge in [-0.15, -0.1) is 0 Å². The molecule has 3 rings (SSSR count). The van der Waals surface area contributed by atoms with Crippen LogP contribution in [0.3, 0.4) is 0 Å². The molecule has 3 aromatic rings. The number of nitrogens with one attached hydrogen (secondary N) is 1. The molecule has 0 bridgehead atoms. The van der Waals surface area contributed by atoms with Crippen molar-refractivity contribution < 1.29 is 13.2 Å². The second kappa shape index (κ2) is 8.99. The summed E-state index contributed by atoms with van der Waals surface area (Å²) in [5.41, 5.74) is 2.42. The van der Waals surface area contributed by atoms with Gasteiger partial charge in [-0.05, 0) is 37.4 Å². The van der Waals surface area contributed by atoms with Crippen LogP contribution < -0.4 is 10.5 Å². The molecule has 1 amide bonds. The second-order valence-corrected chi connectivity index (χ2v) is 8.30. The molecule has 152 valence electrons. The maximum atomic E-state index is 12.2. The minimum absolute atomic E-state index is 0.0390. The van der Waals surface area contributed by atoms with Crippen LogP contribution >= 0.6 is 0 Å². The van der Waals surface area contributed by atoms with Crippen molar-refractivity contribution in [1.29, 1.82) is 0 Å². The number of sulfonamides is 1. The van der Waals surface area contributed by atoms with Crippen LogP contribution in [-0.2, 0) is 21.4 Å². The van der Waals surface area contributed by atoms with E-state index in [1.165, 1.54) is 18.2 Å². The average Bonchev–Trinajstić information content (AvgIpc) is 3.15. The molecule has 1 aromatic heterocycles. The van der Waals surface area contributed by atoms with Gasteiger partial charge >= 0.3 is 0 Å². The number of hydrogen-bond acceptors (Lipinski definition) is 5. The number of para-hydroxylation sites is 1. The average molecular weight is 414 g/mol. The number of nitrogens with two attached hydrogens (primary N) is 1. The zero-order valence-electron chi connectivity index (χ0n) is 16.0. The number of anilines is 1. The lowest BCUT2D eigenvalue weighted by Crippen LogP contribution is -2.24. The molecule has 0 saturated carbocycles. The van der Waals surface area contributed by atoms with Gasteiger partial charge in [0.05, 0.1) is 16.8 Å². The quantitative estimate of drug-likeness (QED) is 0.587. The van der Waals surface area contributed by atoms with Crippen molar-refractivity contribution in [3.05, 3.63) is 72.6 Å². The second-order valence-electron chi connectivity index (χ2n) is 6.74. The molecule has 3 N–H and O–H groups in total. The fourth-order valence-electron chi connectivity index (χ4n) is 2.82. The zero-order chi connectivity index (χ0) is 20.9. The number of amides is 1. The van der Waals surface area contributed by atoms with Gasteiger partial charge in [-0.2, -0.15) is 5.10 Å². The molecule has 0 saturated heterocycles. The van der Waals surface area contributed by atoms with E-state index in [-0.39, 0.29) is 17.2 Å². The molecule has 0 aliphatic rings. The molecule has 0 unspecified atom stereocenters. The lowest BCUT2D eigenvalue weighted by atomic mass is 10.3. The topological polar surface area (TPSA) is 110 Å². The SMILES string of the molecule is CN(CCC(=O)Nc1cccc(S(N)(=O)=O)c1)Cc1cnn(-c2ccccc2)c1. The van der Waals surface area contributed by atoms with Crippen molar-refractivity contribution in [3.63, 3.8) is 0 Å². The predicted molar refractivity (Wildman–Crippen MR) is 111 cm³/mol. The smallest absolute Gasteiger partial charge is 0.238 e. The molecule has 0 radical (unpaired) electrons. The summed E-state index contributed by atoms with van der Waals surface area (Å²) in [5.74, 6) is -0.205. The molecule has 0 aliphatic carbocycles. The lowest BCUT2D eigenvalue weighted by molar-refractivity contribution is -0.116. The van der Waals surface area contributed by atoms with Crippen molar-refractivity contribution in [2.24, 2.45) is 5.14 Å². The highest BCUT2D eigenvalue weighted by Gasteiger charge is 2.11. The molecule has 2 aromatic carbocycles. The number of hydrogen-bond donors (Lipinski definition) is 2. The molecule has 0 fully saturated rings. The Bertz CT molecular complexity index is 1080. The fourth-order valence-corrected chi connectivity index (χ4v) is 3.38. The van der Waals surface area contributed by atoms with E-state index >= 15 is 0 Å². The molecule has 1 heterocycles. The van der Waals surface area contributed by atoms with Crippen LogP contribution in [0.4, 0.5) is 5.69 Å². The molecule has 9 heteroatoms. The largest absolute Gasteiger partial charge is 0.326 e. The number of carbonyl (C=O) groups excluding carboxylic acids is 1. The first-order valence-electron chi connectivity index (χ1n) is 9.01. The Labute approximate surface area is 170 Å². The Balaban J connectivity index is 1.50. The Morgan fingerprint density at radius 2 is 1.93 bits per heavy atom. The zero-order valence-corrected chi connectivity index (χ0v) is 16.8. The van der Waals surface area contributed by atoms with Gasteiger partial charge in [0.15, 0.2) is 0 Å². The van der Waals surface area contributed by atoms with Gasteiger partial charge in [-0.3, -0.25) is 4.79 Å². The summed E-state index contributed by atoms with van der Waals surface area (Å²) in [6, 6.07) is 15.7. The molecule has 0 spiro atoms. The third kappa shape index (κ3) is 5.98. The van der Waals surface area contributed by atoms with Crippen molar-refractivity contribution in [3.8, 4) is 5.69 Å². The third-order valence-corrected chi connectivity index (χ3v) is 5.19. The van der Waals surface area contributed by atoms with E-state index in [1.807, 2.05) is 59.4 Å². The number of carbonyl (C=O) groups is 1. The number of nitrogens with zero attached hydrogens (tertiary/aromatic N) is 3. The van der Waals surface area contributed by atoms with Crippen LogP contribution in [0.5, 0.6) is 0 Å². The van der Waals surface area contributed by atoms with E-state index in [9.17, 15) is 13.2 Å². The monoisotopic (exact) mass is 413 g/mol. The summed E-state index contributed by atoms with van der Waals surface area (Å²) in [7, 11) is -1.88. The Morgan fingerprint density at radius 3 is 2.66 bits per heavy atom. The van der Waals surface area contributed by atoms with Crippen LogP contribution in [0.15, 0.2) is 71.9 Å². The maximum absolute atomic E-state index is 12.2. The van der Waals surface area contributed by atoms with Crippen molar-refractivity contribution in [1.82, 2.24) is 14.7 Å². The van der Waals surface area contributed by atoms with E-state index in [0.717, 1.165) is 11.3 Å². The van der Waals surface area contributed by atoms with Gasteiger partial charge in [-0.25, -0.2) is 18.2 Å². The van der Waals surface area contributed by atoms with Crippen molar-refractivity contribution in [2.75, 3.05) is 18.9 Å². The van der Waals surface area contributed by atoms with Gasteiger partial charge < -0.3 is 10.2 Å². The molecular weight excluding hydrogens is 390 g/mol. The molecule has 8 nitrogen and oxygen atoms in total. The maximum Gasteiger partial charge on any atom is 0.238 e. The van der Waals surface area contributed by atoms with Gasteiger partial charge in [-0.1, -0.05) is 24.3 Å². The first kappa shape index (κ1) is 20.7. The van der Waals surface area contributed by atoms with Gasteiger partial charge in [0.2, 0.25) is 15.9 Å².